The van der Waals surface area contributed by atoms with E-state index in [0.29, 0.717) is 12.8 Å². The molecule has 0 fully saturated rings. The van der Waals surface area contributed by atoms with Crippen molar-refractivity contribution in [3.63, 3.8) is 0 Å². The van der Waals surface area contributed by atoms with E-state index in [2.05, 4.69) is 10.6 Å². The molecule has 0 saturated heterocycles. The number of benzene rings is 1. The summed E-state index contributed by atoms with van der Waals surface area (Å²) >= 11 is -0.273. The lowest BCUT2D eigenvalue weighted by molar-refractivity contribution is -0.0328. The van der Waals surface area contributed by atoms with Gasteiger partial charge in [-0.25, -0.2) is 4.79 Å². The molecule has 1 aromatic carbocycles. The zero-order valence-corrected chi connectivity index (χ0v) is 12.2. The Bertz CT molecular complexity index is 469. The molecule has 3 N–H and O–H groups in total. The van der Waals surface area contributed by atoms with E-state index in [1.54, 1.807) is 13.0 Å². The maximum absolute atomic E-state index is 12.4. The summed E-state index contributed by atoms with van der Waals surface area (Å²) in [6.45, 7) is 1.78. The molecule has 0 saturated carbocycles. The van der Waals surface area contributed by atoms with Gasteiger partial charge in [-0.15, -0.1) is 0 Å². The molecule has 0 aliphatic heterocycles. The summed E-state index contributed by atoms with van der Waals surface area (Å²) in [5.41, 5.74) is -4.31. The van der Waals surface area contributed by atoms with Crippen molar-refractivity contribution in [2.24, 2.45) is 0 Å². The van der Waals surface area contributed by atoms with E-state index < -0.39 is 11.5 Å². The second-order valence-electron chi connectivity index (χ2n) is 4.41. The molecule has 1 unspecified atom stereocenters. The summed E-state index contributed by atoms with van der Waals surface area (Å²) in [6.07, 6.45) is 1.13. The predicted octanol–water partition coefficient (Wildman–Crippen LogP) is 3.58. The van der Waals surface area contributed by atoms with Crippen molar-refractivity contribution in [1.29, 1.82) is 0 Å². The SMILES string of the molecule is CC(CCCO)NC(=O)Nc1ccccc1SC(F)(F)F. The zero-order chi connectivity index (χ0) is 15.9. The predicted molar refractivity (Wildman–Crippen MR) is 76.3 cm³/mol. The Morgan fingerprint density at radius 3 is 2.67 bits per heavy atom. The standard InChI is InChI=1S/C13H17F3N2O2S/c1-9(5-4-8-19)17-12(20)18-10-6-2-3-7-11(10)21-13(14,15)16/h2-3,6-7,9,19H,4-5,8H2,1H3,(H2,17,18,20). The first-order chi connectivity index (χ1) is 9.81. The molecule has 0 heterocycles. The van der Waals surface area contributed by atoms with Gasteiger partial charge >= 0.3 is 11.5 Å². The number of alkyl halides is 3. The summed E-state index contributed by atoms with van der Waals surface area (Å²) in [5, 5.41) is 13.7. The number of nitrogens with one attached hydrogen (secondary N) is 2. The molecule has 8 heteroatoms. The number of anilines is 1. The summed E-state index contributed by atoms with van der Waals surface area (Å²) in [6, 6.07) is 4.97. The van der Waals surface area contributed by atoms with E-state index >= 15 is 0 Å². The fourth-order valence-corrected chi connectivity index (χ4v) is 2.26. The van der Waals surface area contributed by atoms with Gasteiger partial charge in [0.25, 0.3) is 0 Å². The van der Waals surface area contributed by atoms with Gasteiger partial charge in [0.15, 0.2) is 0 Å². The average Bonchev–Trinajstić information content (AvgIpc) is 2.37. The number of carbonyl (C=O) groups is 1. The van der Waals surface area contributed by atoms with Crippen LogP contribution in [-0.2, 0) is 0 Å². The van der Waals surface area contributed by atoms with Gasteiger partial charge < -0.3 is 15.7 Å². The van der Waals surface area contributed by atoms with Crippen LogP contribution in [0.25, 0.3) is 0 Å². The first-order valence-electron chi connectivity index (χ1n) is 6.35. The van der Waals surface area contributed by atoms with Gasteiger partial charge in [-0.1, -0.05) is 12.1 Å². The Labute approximate surface area is 125 Å². The van der Waals surface area contributed by atoms with Crippen LogP contribution in [0.1, 0.15) is 19.8 Å². The number of hydrogen-bond donors (Lipinski definition) is 3. The lowest BCUT2D eigenvalue weighted by Gasteiger charge is -2.16. The minimum absolute atomic E-state index is 0.0265. The fourth-order valence-electron chi connectivity index (χ4n) is 1.64. The molecule has 21 heavy (non-hydrogen) atoms. The van der Waals surface area contributed by atoms with Gasteiger partial charge in [0.1, 0.15) is 0 Å². The van der Waals surface area contributed by atoms with Gasteiger partial charge in [-0.3, -0.25) is 0 Å². The number of halogens is 3. The number of urea groups is 1. The molecular formula is C13H17F3N2O2S. The Morgan fingerprint density at radius 1 is 1.38 bits per heavy atom. The first kappa shape index (κ1) is 17.6. The zero-order valence-electron chi connectivity index (χ0n) is 11.4. The second-order valence-corrected chi connectivity index (χ2v) is 5.52. The van der Waals surface area contributed by atoms with Crippen LogP contribution in [0.4, 0.5) is 23.7 Å². The van der Waals surface area contributed by atoms with Gasteiger partial charge in [0, 0.05) is 17.5 Å². The quantitative estimate of drug-likeness (QED) is 0.702. The van der Waals surface area contributed by atoms with Crippen molar-refractivity contribution >= 4 is 23.5 Å². The van der Waals surface area contributed by atoms with Crippen molar-refractivity contribution < 1.29 is 23.1 Å². The molecule has 4 nitrogen and oxygen atoms in total. The Balaban J connectivity index is 2.63. The number of rotatable bonds is 6. The van der Waals surface area contributed by atoms with Crippen LogP contribution < -0.4 is 10.6 Å². The van der Waals surface area contributed by atoms with Crippen LogP contribution in [0.2, 0.25) is 0 Å². The summed E-state index contributed by atoms with van der Waals surface area (Å²) < 4.78 is 37.3. The molecule has 1 atom stereocenters. The summed E-state index contributed by atoms with van der Waals surface area (Å²) in [7, 11) is 0. The highest BCUT2D eigenvalue weighted by molar-refractivity contribution is 8.00. The highest BCUT2D eigenvalue weighted by Crippen LogP contribution is 2.40. The molecule has 0 radical (unpaired) electrons. The monoisotopic (exact) mass is 322 g/mol. The van der Waals surface area contributed by atoms with Crippen molar-refractivity contribution in [2.75, 3.05) is 11.9 Å². The van der Waals surface area contributed by atoms with Gasteiger partial charge in [0.05, 0.1) is 5.69 Å². The third kappa shape index (κ3) is 7.24. The van der Waals surface area contributed by atoms with E-state index in [-0.39, 0.29) is 35.0 Å². The molecule has 0 aliphatic carbocycles. The first-order valence-corrected chi connectivity index (χ1v) is 7.16. The molecule has 0 aliphatic rings. The number of aliphatic hydroxyl groups excluding tert-OH is 1. The molecular weight excluding hydrogens is 305 g/mol. The van der Waals surface area contributed by atoms with Crippen molar-refractivity contribution in [3.8, 4) is 0 Å². The van der Waals surface area contributed by atoms with Crippen molar-refractivity contribution in [1.82, 2.24) is 5.32 Å². The third-order valence-electron chi connectivity index (χ3n) is 2.53. The third-order valence-corrected chi connectivity index (χ3v) is 3.34. The molecule has 1 aromatic rings. The van der Waals surface area contributed by atoms with E-state index in [1.807, 2.05) is 0 Å². The number of carbonyl (C=O) groups excluding carboxylic acids is 1. The van der Waals surface area contributed by atoms with Crippen LogP contribution in [0, 0.1) is 0 Å². The Kier molecular flexibility index (Phi) is 6.83. The van der Waals surface area contributed by atoms with Crippen LogP contribution in [0.5, 0.6) is 0 Å². The van der Waals surface area contributed by atoms with E-state index in [1.165, 1.54) is 18.2 Å². The van der Waals surface area contributed by atoms with Crippen LogP contribution in [-0.4, -0.2) is 29.3 Å². The van der Waals surface area contributed by atoms with E-state index in [4.69, 9.17) is 5.11 Å². The van der Waals surface area contributed by atoms with Gasteiger partial charge in [-0.2, -0.15) is 13.2 Å². The minimum Gasteiger partial charge on any atom is -0.396 e. The largest absolute Gasteiger partial charge is 0.446 e. The molecule has 0 bridgehead atoms. The molecule has 1 rings (SSSR count). The molecule has 0 spiro atoms. The summed E-state index contributed by atoms with van der Waals surface area (Å²) in [5.74, 6) is 0. The van der Waals surface area contributed by atoms with Crippen molar-refractivity contribution in [3.05, 3.63) is 24.3 Å². The number of thioether (sulfide) groups is 1. The van der Waals surface area contributed by atoms with Gasteiger partial charge in [0.2, 0.25) is 0 Å². The van der Waals surface area contributed by atoms with Crippen LogP contribution in [0.3, 0.4) is 0 Å². The second kappa shape index (κ2) is 8.14. The summed E-state index contributed by atoms with van der Waals surface area (Å²) in [4.78, 5) is 11.7. The van der Waals surface area contributed by atoms with Gasteiger partial charge in [-0.05, 0) is 43.7 Å². The Hall–Kier alpha value is -1.41. The van der Waals surface area contributed by atoms with E-state index in [0.717, 1.165) is 0 Å². The lowest BCUT2D eigenvalue weighted by atomic mass is 10.2. The topological polar surface area (TPSA) is 61.4 Å². The number of amides is 2. The molecule has 2 amide bonds. The molecule has 0 aromatic heterocycles. The van der Waals surface area contributed by atoms with Crippen molar-refractivity contribution in [2.45, 2.75) is 36.2 Å². The smallest absolute Gasteiger partial charge is 0.396 e. The van der Waals surface area contributed by atoms with E-state index in [9.17, 15) is 18.0 Å². The number of aliphatic hydroxyl groups is 1. The lowest BCUT2D eigenvalue weighted by Crippen LogP contribution is -2.36. The maximum Gasteiger partial charge on any atom is 0.446 e. The molecule has 118 valence electrons. The minimum atomic E-state index is -4.41. The van der Waals surface area contributed by atoms with Crippen LogP contribution in [0.15, 0.2) is 29.2 Å². The number of para-hydroxylation sites is 1. The maximum atomic E-state index is 12.4. The highest BCUT2D eigenvalue weighted by Gasteiger charge is 2.30. The average molecular weight is 322 g/mol. The normalized spacial score (nSPS) is 12.8. The Morgan fingerprint density at radius 2 is 2.05 bits per heavy atom. The fraction of sp³-hybridized carbons (Fsp3) is 0.462. The van der Waals surface area contributed by atoms with Crippen LogP contribution >= 0.6 is 11.8 Å². The highest BCUT2D eigenvalue weighted by atomic mass is 32.2. The number of hydrogen-bond acceptors (Lipinski definition) is 3.